The average molecular weight is 378 g/mol. The third-order valence-electron chi connectivity index (χ3n) is 4.47. The van der Waals surface area contributed by atoms with Crippen molar-refractivity contribution in [1.82, 2.24) is 20.2 Å². The first kappa shape index (κ1) is 16.9. The molecule has 2 N–H and O–H groups in total. The zero-order chi connectivity index (χ0) is 18.3. The lowest BCUT2D eigenvalue weighted by atomic mass is 10.2. The van der Waals surface area contributed by atoms with E-state index in [-0.39, 0.29) is 5.91 Å². The van der Waals surface area contributed by atoms with Crippen LogP contribution in [0.2, 0.25) is 5.02 Å². The fourth-order valence-corrected chi connectivity index (χ4v) is 3.15. The van der Waals surface area contributed by atoms with Crippen molar-refractivity contribution in [1.29, 1.82) is 0 Å². The summed E-state index contributed by atoms with van der Waals surface area (Å²) in [5, 5.41) is 23.9. The van der Waals surface area contributed by atoms with Crippen molar-refractivity contribution in [3.05, 3.63) is 29.0 Å². The number of carbonyl (C=O) groups excluding carboxylic acids is 1. The minimum atomic E-state index is -1.06. The topological polar surface area (TPSA) is 119 Å². The molecule has 2 atom stereocenters. The first-order valence-corrected chi connectivity index (χ1v) is 8.68. The molecule has 10 heteroatoms. The third kappa shape index (κ3) is 3.27. The number of hydrogen-bond acceptors (Lipinski definition) is 6. The van der Waals surface area contributed by atoms with Crippen LogP contribution < -0.4 is 5.32 Å². The van der Waals surface area contributed by atoms with Gasteiger partial charge in [0.25, 0.3) is 5.91 Å². The van der Waals surface area contributed by atoms with Gasteiger partial charge in [0.1, 0.15) is 6.10 Å². The van der Waals surface area contributed by atoms with Crippen LogP contribution in [0.3, 0.4) is 0 Å². The van der Waals surface area contributed by atoms with Crippen molar-refractivity contribution in [2.75, 3.05) is 5.32 Å². The van der Waals surface area contributed by atoms with Crippen LogP contribution in [-0.2, 0) is 14.3 Å². The molecule has 2 heterocycles. The number of aromatic nitrogens is 4. The molecule has 1 saturated carbocycles. The number of nitrogens with one attached hydrogen (secondary N) is 1. The Hall–Kier alpha value is -2.52. The molecule has 2 fully saturated rings. The number of carboxylic acids is 1. The molecule has 9 nitrogen and oxygen atoms in total. The second-order valence-electron chi connectivity index (χ2n) is 6.41. The quantitative estimate of drug-likeness (QED) is 0.814. The van der Waals surface area contributed by atoms with E-state index in [9.17, 15) is 9.59 Å². The van der Waals surface area contributed by atoms with E-state index in [0.717, 1.165) is 18.7 Å². The van der Waals surface area contributed by atoms with Gasteiger partial charge in [-0.05, 0) is 54.3 Å². The van der Waals surface area contributed by atoms with Crippen LogP contribution in [0.4, 0.5) is 5.69 Å². The molecule has 1 aromatic carbocycles. The molecule has 0 spiro atoms. The molecule has 2 aliphatic rings. The van der Waals surface area contributed by atoms with Crippen molar-refractivity contribution >= 4 is 29.2 Å². The van der Waals surface area contributed by atoms with E-state index in [1.54, 1.807) is 22.9 Å². The Morgan fingerprint density at radius 2 is 2.00 bits per heavy atom. The number of rotatable bonds is 5. The largest absolute Gasteiger partial charge is 0.479 e. The molecule has 1 amide bonds. The fraction of sp³-hybridized carbons (Fsp3) is 0.438. The zero-order valence-corrected chi connectivity index (χ0v) is 14.4. The predicted octanol–water partition coefficient (Wildman–Crippen LogP) is 1.76. The van der Waals surface area contributed by atoms with E-state index in [0.29, 0.717) is 35.2 Å². The minimum Gasteiger partial charge on any atom is -0.479 e. The SMILES string of the molecule is O=C(Nc1ccc(Cl)c(-n2nnnc2C2CC2)c1)[C@@H]1CC[C@H](C(=O)O)O1. The van der Waals surface area contributed by atoms with Crippen LogP contribution in [0.5, 0.6) is 0 Å². The van der Waals surface area contributed by atoms with Gasteiger partial charge in [-0.1, -0.05) is 11.6 Å². The molecule has 4 rings (SSSR count). The fourth-order valence-electron chi connectivity index (χ4n) is 2.95. The highest BCUT2D eigenvalue weighted by Crippen LogP contribution is 2.40. The molecule has 1 aliphatic carbocycles. The van der Waals surface area contributed by atoms with Crippen LogP contribution >= 0.6 is 11.6 Å². The maximum Gasteiger partial charge on any atom is 0.332 e. The number of hydrogen-bond donors (Lipinski definition) is 2. The number of tetrazole rings is 1. The number of carbonyl (C=O) groups is 2. The lowest BCUT2D eigenvalue weighted by Crippen LogP contribution is -2.30. The Kier molecular flexibility index (Phi) is 4.33. The van der Waals surface area contributed by atoms with Gasteiger partial charge in [-0.25, -0.2) is 4.79 Å². The van der Waals surface area contributed by atoms with Gasteiger partial charge in [0, 0.05) is 11.6 Å². The van der Waals surface area contributed by atoms with E-state index >= 15 is 0 Å². The van der Waals surface area contributed by atoms with Crippen molar-refractivity contribution in [3.63, 3.8) is 0 Å². The van der Waals surface area contributed by atoms with Crippen LogP contribution in [0.15, 0.2) is 18.2 Å². The molecule has 0 bridgehead atoms. The molecule has 0 unspecified atom stereocenters. The minimum absolute atomic E-state index is 0.314. The second-order valence-corrected chi connectivity index (χ2v) is 6.81. The normalized spacial score (nSPS) is 22.3. The van der Waals surface area contributed by atoms with Gasteiger partial charge < -0.3 is 15.2 Å². The van der Waals surface area contributed by atoms with Gasteiger partial charge in [-0.2, -0.15) is 4.68 Å². The van der Waals surface area contributed by atoms with E-state index in [4.69, 9.17) is 21.4 Å². The summed E-state index contributed by atoms with van der Waals surface area (Å²) >= 11 is 6.28. The average Bonchev–Trinajstić information content (AvgIpc) is 3.14. The number of anilines is 1. The standard InChI is InChI=1S/C16H16ClN5O4/c17-10-4-3-9(18-15(23)12-5-6-13(26-12)16(24)25)7-11(10)22-14(8-1-2-8)19-20-21-22/h3-4,7-8,12-13H,1-2,5-6H2,(H,18,23)(H,24,25)/t12-,13+/m0/s1. The Morgan fingerprint density at radius 3 is 2.69 bits per heavy atom. The number of aliphatic carboxylic acids is 1. The number of ether oxygens (including phenoxy) is 1. The van der Waals surface area contributed by atoms with Crippen molar-refractivity contribution in [2.45, 2.75) is 43.8 Å². The Morgan fingerprint density at radius 1 is 1.23 bits per heavy atom. The number of amides is 1. The molecule has 136 valence electrons. The Labute approximate surface area is 153 Å². The third-order valence-corrected chi connectivity index (χ3v) is 4.79. The first-order valence-electron chi connectivity index (χ1n) is 8.30. The van der Waals surface area contributed by atoms with Crippen molar-refractivity contribution in [3.8, 4) is 5.69 Å². The Balaban J connectivity index is 1.52. The maximum absolute atomic E-state index is 12.3. The molecule has 1 saturated heterocycles. The predicted molar refractivity (Wildman–Crippen MR) is 90.3 cm³/mol. The van der Waals surface area contributed by atoms with Crippen LogP contribution in [0.25, 0.3) is 5.69 Å². The summed E-state index contributed by atoms with van der Waals surface area (Å²) in [5.74, 6) is -0.362. The molecule has 2 aromatic rings. The maximum atomic E-state index is 12.3. The molecule has 1 aliphatic heterocycles. The number of halogens is 1. The summed E-state index contributed by atoms with van der Waals surface area (Å²) in [4.78, 5) is 23.3. The van der Waals surface area contributed by atoms with Crippen LogP contribution in [-0.4, -0.2) is 49.4 Å². The van der Waals surface area contributed by atoms with Gasteiger partial charge in [-0.15, -0.1) is 5.10 Å². The van der Waals surface area contributed by atoms with E-state index in [2.05, 4.69) is 20.8 Å². The molecule has 1 aromatic heterocycles. The summed E-state index contributed by atoms with van der Waals surface area (Å²) in [6.45, 7) is 0. The zero-order valence-electron chi connectivity index (χ0n) is 13.6. The van der Waals surface area contributed by atoms with Gasteiger partial charge in [0.05, 0.1) is 10.7 Å². The van der Waals surface area contributed by atoms with E-state index in [1.807, 2.05) is 0 Å². The highest BCUT2D eigenvalue weighted by molar-refractivity contribution is 6.32. The van der Waals surface area contributed by atoms with E-state index < -0.39 is 18.2 Å². The number of carboxylic acid groups (broad SMARTS) is 1. The van der Waals surface area contributed by atoms with E-state index in [1.165, 1.54) is 0 Å². The van der Waals surface area contributed by atoms with Gasteiger partial charge in [0.2, 0.25) is 0 Å². The summed E-state index contributed by atoms with van der Waals surface area (Å²) in [7, 11) is 0. The monoisotopic (exact) mass is 377 g/mol. The summed E-state index contributed by atoms with van der Waals surface area (Å²) < 4.78 is 6.85. The molecule has 26 heavy (non-hydrogen) atoms. The van der Waals surface area contributed by atoms with Crippen LogP contribution in [0.1, 0.15) is 37.4 Å². The van der Waals surface area contributed by atoms with Gasteiger partial charge >= 0.3 is 5.97 Å². The van der Waals surface area contributed by atoms with Gasteiger partial charge in [0.15, 0.2) is 11.9 Å². The lowest BCUT2D eigenvalue weighted by molar-refractivity contribution is -0.150. The summed E-state index contributed by atoms with van der Waals surface area (Å²) in [6, 6.07) is 5.00. The summed E-state index contributed by atoms with van der Waals surface area (Å²) in [6.07, 6.45) is 1.03. The molecular weight excluding hydrogens is 362 g/mol. The summed E-state index contributed by atoms with van der Waals surface area (Å²) in [5.41, 5.74) is 1.08. The molecule has 0 radical (unpaired) electrons. The highest BCUT2D eigenvalue weighted by Gasteiger charge is 2.35. The highest BCUT2D eigenvalue weighted by atomic mass is 35.5. The molecular formula is C16H16ClN5O4. The Bertz CT molecular complexity index is 866. The van der Waals surface area contributed by atoms with Crippen LogP contribution in [0, 0.1) is 0 Å². The lowest BCUT2D eigenvalue weighted by Gasteiger charge is -2.13. The second kappa shape index (κ2) is 6.65. The smallest absolute Gasteiger partial charge is 0.332 e. The van der Waals surface area contributed by atoms with Crippen molar-refractivity contribution in [2.24, 2.45) is 0 Å². The van der Waals surface area contributed by atoms with Crippen molar-refractivity contribution < 1.29 is 19.4 Å². The number of nitrogens with zero attached hydrogens (tertiary/aromatic N) is 4. The first-order chi connectivity index (χ1) is 12.5. The number of benzene rings is 1. The van der Waals surface area contributed by atoms with Gasteiger partial charge in [-0.3, -0.25) is 4.79 Å².